The van der Waals surface area contributed by atoms with Gasteiger partial charge in [-0.05, 0) is 48.5 Å². The van der Waals surface area contributed by atoms with Gasteiger partial charge in [0.15, 0.2) is 11.0 Å². The van der Waals surface area contributed by atoms with Crippen LogP contribution in [-0.2, 0) is 12.7 Å². The molecule has 0 bridgehead atoms. The summed E-state index contributed by atoms with van der Waals surface area (Å²) in [4.78, 5) is 9.90. The number of aromatic nitrogens is 3. The number of hydrogen-bond acceptors (Lipinski definition) is 5. The normalized spacial score (nSPS) is 11.6. The van der Waals surface area contributed by atoms with Crippen LogP contribution in [0.1, 0.15) is 31.7 Å². The molecule has 0 spiro atoms. The molecule has 0 amide bonds. The molecule has 6 nitrogen and oxygen atoms in total. The van der Waals surface area contributed by atoms with Crippen molar-refractivity contribution in [2.24, 2.45) is 0 Å². The van der Waals surface area contributed by atoms with Crippen LogP contribution in [0, 0.1) is 10.1 Å². The monoisotopic (exact) mass is 470 g/mol. The van der Waals surface area contributed by atoms with Crippen molar-refractivity contribution >= 4 is 29.1 Å². The van der Waals surface area contributed by atoms with Crippen LogP contribution in [0.3, 0.4) is 0 Å². The second-order valence-electron chi connectivity index (χ2n) is 6.71. The third-order valence-electron chi connectivity index (χ3n) is 4.49. The molecule has 0 aliphatic heterocycles. The standard InChI is InChI=1S/C20H18ClF3N4O2S/c1-2-3-4-11-27-18(13-5-7-14(21)8-6-13)25-26-19(27)31-17-10-9-15(28(29)30)12-16(17)20(22,23)24/h5-10,12H,2-4,11H2,1H3. The maximum absolute atomic E-state index is 13.6. The van der Waals surface area contributed by atoms with Crippen molar-refractivity contribution in [3.05, 3.63) is 63.2 Å². The summed E-state index contributed by atoms with van der Waals surface area (Å²) in [5.74, 6) is 0.519. The molecule has 0 radical (unpaired) electrons. The van der Waals surface area contributed by atoms with Crippen LogP contribution in [0.15, 0.2) is 52.5 Å². The first-order chi connectivity index (χ1) is 14.7. The molecule has 164 valence electrons. The van der Waals surface area contributed by atoms with Crippen LogP contribution in [0.5, 0.6) is 0 Å². The number of non-ortho nitro benzene ring substituents is 1. The molecule has 1 heterocycles. The SMILES string of the molecule is CCCCCn1c(Sc2ccc([N+](=O)[O-])cc2C(F)(F)F)nnc1-c1ccc(Cl)cc1. The number of nitro benzene ring substituents is 1. The quantitative estimate of drug-likeness (QED) is 0.204. The summed E-state index contributed by atoms with van der Waals surface area (Å²) in [7, 11) is 0. The Labute approximate surface area is 185 Å². The maximum atomic E-state index is 13.6. The summed E-state index contributed by atoms with van der Waals surface area (Å²) in [6, 6.07) is 9.63. The van der Waals surface area contributed by atoms with Gasteiger partial charge in [0.05, 0.1) is 10.5 Å². The zero-order valence-electron chi connectivity index (χ0n) is 16.4. The number of benzene rings is 2. The Balaban J connectivity index is 2.03. The van der Waals surface area contributed by atoms with Crippen molar-refractivity contribution in [1.29, 1.82) is 0 Å². The zero-order chi connectivity index (χ0) is 22.6. The van der Waals surface area contributed by atoms with Gasteiger partial charge in [0.25, 0.3) is 5.69 Å². The molecular weight excluding hydrogens is 453 g/mol. The molecule has 1 aromatic heterocycles. The van der Waals surface area contributed by atoms with Crippen LogP contribution in [0.25, 0.3) is 11.4 Å². The summed E-state index contributed by atoms with van der Waals surface area (Å²) in [6.07, 6.45) is -2.04. The minimum absolute atomic E-state index is 0.176. The molecule has 3 aromatic rings. The average Bonchev–Trinajstić information content (AvgIpc) is 3.10. The highest BCUT2D eigenvalue weighted by Crippen LogP contribution is 2.41. The Morgan fingerprint density at radius 1 is 1.13 bits per heavy atom. The van der Waals surface area contributed by atoms with Gasteiger partial charge in [-0.3, -0.25) is 10.1 Å². The number of alkyl halides is 3. The lowest BCUT2D eigenvalue weighted by Crippen LogP contribution is -2.08. The molecule has 0 fully saturated rings. The van der Waals surface area contributed by atoms with Gasteiger partial charge < -0.3 is 4.57 Å². The van der Waals surface area contributed by atoms with Gasteiger partial charge in [0, 0.05) is 34.2 Å². The lowest BCUT2D eigenvalue weighted by Gasteiger charge is -2.13. The van der Waals surface area contributed by atoms with Crippen LogP contribution < -0.4 is 0 Å². The first kappa shape index (κ1) is 23.1. The molecule has 31 heavy (non-hydrogen) atoms. The van der Waals surface area contributed by atoms with Gasteiger partial charge in [-0.2, -0.15) is 13.2 Å². The number of nitrogens with zero attached hydrogens (tertiary/aromatic N) is 4. The molecule has 0 aliphatic carbocycles. The number of nitro groups is 1. The largest absolute Gasteiger partial charge is 0.417 e. The molecule has 0 saturated carbocycles. The smallest absolute Gasteiger partial charge is 0.302 e. The summed E-state index contributed by atoms with van der Waals surface area (Å²) in [5, 5.41) is 20.1. The van der Waals surface area contributed by atoms with E-state index in [1.807, 2.05) is 0 Å². The van der Waals surface area contributed by atoms with E-state index in [0.29, 0.717) is 23.5 Å². The molecular formula is C20H18ClF3N4O2S. The Hall–Kier alpha value is -2.59. The predicted octanol–water partition coefficient (Wildman–Crippen LogP) is 6.87. The second-order valence-corrected chi connectivity index (χ2v) is 8.15. The zero-order valence-corrected chi connectivity index (χ0v) is 18.0. The van der Waals surface area contributed by atoms with Crippen LogP contribution in [0.2, 0.25) is 5.02 Å². The number of hydrogen-bond donors (Lipinski definition) is 0. The number of halogens is 4. The van der Waals surface area contributed by atoms with Crippen molar-refractivity contribution in [2.75, 3.05) is 0 Å². The first-order valence-electron chi connectivity index (χ1n) is 9.43. The minimum Gasteiger partial charge on any atom is -0.302 e. The molecule has 11 heteroatoms. The maximum Gasteiger partial charge on any atom is 0.417 e. The van der Waals surface area contributed by atoms with E-state index < -0.39 is 22.4 Å². The molecule has 0 unspecified atom stereocenters. The highest BCUT2D eigenvalue weighted by atomic mass is 35.5. The topological polar surface area (TPSA) is 73.8 Å². The first-order valence-corrected chi connectivity index (χ1v) is 10.6. The molecule has 0 aliphatic rings. The van der Waals surface area contributed by atoms with E-state index in [9.17, 15) is 23.3 Å². The van der Waals surface area contributed by atoms with E-state index in [1.54, 1.807) is 28.8 Å². The van der Waals surface area contributed by atoms with E-state index in [-0.39, 0.29) is 10.1 Å². The Morgan fingerprint density at radius 2 is 1.84 bits per heavy atom. The lowest BCUT2D eigenvalue weighted by molar-refractivity contribution is -0.385. The Morgan fingerprint density at radius 3 is 2.45 bits per heavy atom. The van der Waals surface area contributed by atoms with E-state index in [4.69, 9.17) is 11.6 Å². The fourth-order valence-corrected chi connectivity index (χ4v) is 4.05. The van der Waals surface area contributed by atoms with Crippen molar-refractivity contribution in [2.45, 2.75) is 49.0 Å². The fourth-order valence-electron chi connectivity index (χ4n) is 2.94. The van der Waals surface area contributed by atoms with E-state index in [2.05, 4.69) is 17.1 Å². The fraction of sp³-hybridized carbons (Fsp3) is 0.300. The van der Waals surface area contributed by atoms with Gasteiger partial charge in [-0.1, -0.05) is 31.4 Å². The van der Waals surface area contributed by atoms with Crippen molar-refractivity contribution in [3.63, 3.8) is 0 Å². The number of unbranched alkanes of at least 4 members (excludes halogenated alkanes) is 2. The summed E-state index contributed by atoms with van der Waals surface area (Å²) in [6.45, 7) is 2.57. The van der Waals surface area contributed by atoms with Crippen LogP contribution in [-0.4, -0.2) is 19.7 Å². The molecule has 3 rings (SSSR count). The number of rotatable bonds is 8. The van der Waals surface area contributed by atoms with Gasteiger partial charge in [-0.25, -0.2) is 0 Å². The third-order valence-corrected chi connectivity index (χ3v) is 5.80. The summed E-state index contributed by atoms with van der Waals surface area (Å²) in [5.41, 5.74) is -0.967. The molecule has 0 N–H and O–H groups in total. The summed E-state index contributed by atoms with van der Waals surface area (Å²) >= 11 is 6.73. The highest BCUT2D eigenvalue weighted by Gasteiger charge is 2.36. The summed E-state index contributed by atoms with van der Waals surface area (Å²) < 4.78 is 42.4. The Bertz CT molecular complexity index is 1070. The molecule has 0 atom stereocenters. The predicted molar refractivity (Wildman–Crippen MR) is 112 cm³/mol. The lowest BCUT2D eigenvalue weighted by atomic mass is 10.2. The van der Waals surface area contributed by atoms with Gasteiger partial charge in [0.2, 0.25) is 0 Å². The van der Waals surface area contributed by atoms with E-state index >= 15 is 0 Å². The van der Waals surface area contributed by atoms with Crippen molar-refractivity contribution in [1.82, 2.24) is 14.8 Å². The average molecular weight is 471 g/mol. The van der Waals surface area contributed by atoms with Gasteiger partial charge >= 0.3 is 6.18 Å². The molecule has 2 aromatic carbocycles. The minimum atomic E-state index is -4.75. The van der Waals surface area contributed by atoms with Crippen LogP contribution in [0.4, 0.5) is 18.9 Å². The van der Waals surface area contributed by atoms with E-state index in [1.165, 1.54) is 0 Å². The van der Waals surface area contributed by atoms with E-state index in [0.717, 1.165) is 48.7 Å². The molecule has 0 saturated heterocycles. The van der Waals surface area contributed by atoms with Gasteiger partial charge in [0.1, 0.15) is 0 Å². The van der Waals surface area contributed by atoms with Crippen molar-refractivity contribution in [3.8, 4) is 11.4 Å². The second kappa shape index (κ2) is 9.69. The van der Waals surface area contributed by atoms with Gasteiger partial charge in [-0.15, -0.1) is 10.2 Å². The highest BCUT2D eigenvalue weighted by molar-refractivity contribution is 7.99. The Kier molecular flexibility index (Phi) is 7.22. The van der Waals surface area contributed by atoms with Crippen LogP contribution >= 0.6 is 23.4 Å². The van der Waals surface area contributed by atoms with Crippen molar-refractivity contribution < 1.29 is 18.1 Å². The third kappa shape index (κ3) is 5.56.